The Labute approximate surface area is 216 Å². The molecule has 5 nitrogen and oxygen atoms in total. The number of rotatable bonds is 6. The largest absolute Gasteiger partial charge is 0.387 e. The summed E-state index contributed by atoms with van der Waals surface area (Å²) in [5.74, 6) is 4.17. The van der Waals surface area contributed by atoms with Gasteiger partial charge < -0.3 is 9.84 Å². The first-order valence-electron chi connectivity index (χ1n) is 14.6. The summed E-state index contributed by atoms with van der Waals surface area (Å²) in [6.45, 7) is 8.13. The normalized spacial score (nSPS) is 40.0. The second-order valence-electron chi connectivity index (χ2n) is 12.9. The highest BCUT2D eigenvalue weighted by atomic mass is 16.5. The van der Waals surface area contributed by atoms with Crippen LogP contribution in [0.1, 0.15) is 77.3 Å². The monoisotopic (exact) mass is 492 g/mol. The molecule has 2 aromatic rings. The number of hydrogen-bond donors (Lipinski definition) is 1. The van der Waals surface area contributed by atoms with Gasteiger partial charge in [-0.05, 0) is 113 Å². The van der Waals surface area contributed by atoms with E-state index in [1.165, 1.54) is 32.1 Å². The molecule has 4 aliphatic rings. The number of ether oxygens (including phenoxy) is 1. The molecule has 6 rings (SSSR count). The van der Waals surface area contributed by atoms with Gasteiger partial charge in [0.1, 0.15) is 6.54 Å². The quantitative estimate of drug-likeness (QED) is 0.541. The van der Waals surface area contributed by atoms with Crippen molar-refractivity contribution in [1.29, 1.82) is 0 Å². The van der Waals surface area contributed by atoms with E-state index in [0.717, 1.165) is 60.0 Å². The molecule has 4 saturated carbocycles. The maximum Gasteiger partial charge on any atom is 0.157 e. The van der Waals surface area contributed by atoms with E-state index < -0.39 is 5.60 Å². The second kappa shape index (κ2) is 9.23. The minimum Gasteiger partial charge on any atom is -0.387 e. The van der Waals surface area contributed by atoms with Gasteiger partial charge in [-0.25, -0.2) is 0 Å². The summed E-state index contributed by atoms with van der Waals surface area (Å²) >= 11 is 0. The number of Topliss-reactive ketones (excluding diaryl/α,β-unsaturated/α-hetero) is 1. The predicted octanol–water partition coefficient (Wildman–Crippen LogP) is 5.95. The Morgan fingerprint density at radius 3 is 2.69 bits per heavy atom. The Kier molecular flexibility index (Phi) is 6.31. The average Bonchev–Trinajstić information content (AvgIpc) is 3.39. The summed E-state index contributed by atoms with van der Waals surface area (Å²) in [4.78, 5) is 13.7. The van der Waals surface area contributed by atoms with Crippen LogP contribution in [-0.2, 0) is 16.1 Å². The lowest BCUT2D eigenvalue weighted by Crippen LogP contribution is -2.52. The van der Waals surface area contributed by atoms with Crippen LogP contribution < -0.4 is 0 Å². The fourth-order valence-electron chi connectivity index (χ4n) is 9.54. The molecule has 1 heterocycles. The summed E-state index contributed by atoms with van der Waals surface area (Å²) < 4.78 is 7.60. The molecular weight excluding hydrogens is 448 g/mol. The van der Waals surface area contributed by atoms with Gasteiger partial charge in [0.25, 0.3) is 0 Å². The van der Waals surface area contributed by atoms with Crippen molar-refractivity contribution in [2.75, 3.05) is 13.2 Å². The van der Waals surface area contributed by atoms with E-state index in [4.69, 9.17) is 9.84 Å². The highest BCUT2D eigenvalue weighted by Crippen LogP contribution is 2.64. The fraction of sp³-hybridized carbons (Fsp3) is 0.742. The molecule has 0 saturated heterocycles. The predicted molar refractivity (Wildman–Crippen MR) is 142 cm³/mol. The van der Waals surface area contributed by atoms with Gasteiger partial charge >= 0.3 is 0 Å². The van der Waals surface area contributed by atoms with Crippen molar-refractivity contribution in [2.45, 2.75) is 90.7 Å². The Morgan fingerprint density at radius 1 is 1.08 bits per heavy atom. The summed E-state index contributed by atoms with van der Waals surface area (Å²) in [5.41, 5.74) is 1.60. The van der Waals surface area contributed by atoms with E-state index in [-0.39, 0.29) is 11.3 Å². The van der Waals surface area contributed by atoms with Crippen LogP contribution in [0.15, 0.2) is 24.3 Å². The van der Waals surface area contributed by atoms with Crippen molar-refractivity contribution < 1.29 is 14.6 Å². The number of aromatic nitrogens is 2. The molecular formula is C31H44N2O3. The SMILES string of the molecule is CCOC[C@@]1(O)CC[C@H]2[C@H](CC[C@@H]3[C@@H]2CC[C@]2(C)[C@@H](C(=O)Cn4nc5ccccc5c4C)CC[C@@H]32)C1. The standard InChI is InChI=1S/C31H44N2O3/c1-4-36-19-31(35)16-14-23-21(17-31)9-10-25-24(23)13-15-30(3)26(25)11-12-27(30)29(34)18-33-20(2)22-7-5-6-8-28(22)32-33/h5-8,21,23-27,35H,4,9-19H2,1-3H3/t21-,23+,24-,25-,26+,27-,30+,31-/m1/s1. The zero-order valence-corrected chi connectivity index (χ0v) is 22.4. The number of benzene rings is 1. The van der Waals surface area contributed by atoms with Crippen molar-refractivity contribution in [3.8, 4) is 0 Å². The lowest BCUT2D eigenvalue weighted by molar-refractivity contribution is -0.138. The molecule has 36 heavy (non-hydrogen) atoms. The number of ketones is 1. The molecule has 1 aromatic carbocycles. The molecule has 0 spiro atoms. The molecule has 4 fully saturated rings. The van der Waals surface area contributed by atoms with Gasteiger partial charge in [0.2, 0.25) is 0 Å². The summed E-state index contributed by atoms with van der Waals surface area (Å²) in [6.07, 6.45) is 10.2. The van der Waals surface area contributed by atoms with E-state index in [0.29, 0.717) is 37.4 Å². The van der Waals surface area contributed by atoms with E-state index in [1.54, 1.807) is 0 Å². The highest BCUT2D eigenvalue weighted by molar-refractivity contribution is 5.84. The van der Waals surface area contributed by atoms with Crippen LogP contribution in [-0.4, -0.2) is 39.5 Å². The number of aryl methyl sites for hydroxylation is 1. The van der Waals surface area contributed by atoms with Gasteiger partial charge in [-0.15, -0.1) is 0 Å². The van der Waals surface area contributed by atoms with Crippen molar-refractivity contribution in [3.63, 3.8) is 0 Å². The van der Waals surface area contributed by atoms with Crippen LogP contribution in [0.2, 0.25) is 0 Å². The topological polar surface area (TPSA) is 64.3 Å². The zero-order chi connectivity index (χ0) is 25.1. The Balaban J connectivity index is 1.15. The third-order valence-corrected chi connectivity index (χ3v) is 11.3. The first kappa shape index (κ1) is 24.6. The number of fused-ring (bicyclic) bond motifs is 6. The summed E-state index contributed by atoms with van der Waals surface area (Å²) in [5, 5.41) is 17.1. The zero-order valence-electron chi connectivity index (χ0n) is 22.4. The summed E-state index contributed by atoms with van der Waals surface area (Å²) in [6, 6.07) is 8.20. The molecule has 1 N–H and O–H groups in total. The number of nitrogens with zero attached hydrogens (tertiary/aromatic N) is 2. The molecule has 8 atom stereocenters. The molecule has 196 valence electrons. The van der Waals surface area contributed by atoms with Gasteiger partial charge in [0.05, 0.1) is 17.7 Å². The van der Waals surface area contributed by atoms with E-state index in [9.17, 15) is 9.90 Å². The number of carbonyl (C=O) groups excluding carboxylic acids is 1. The first-order chi connectivity index (χ1) is 17.3. The number of carbonyl (C=O) groups is 1. The molecule has 0 aliphatic heterocycles. The summed E-state index contributed by atoms with van der Waals surface area (Å²) in [7, 11) is 0. The van der Waals surface area contributed by atoms with Crippen molar-refractivity contribution in [2.24, 2.45) is 40.9 Å². The molecule has 0 amide bonds. The Hall–Kier alpha value is -1.72. The van der Waals surface area contributed by atoms with Gasteiger partial charge in [-0.1, -0.05) is 25.1 Å². The van der Waals surface area contributed by atoms with Crippen LogP contribution in [0.5, 0.6) is 0 Å². The van der Waals surface area contributed by atoms with E-state index in [2.05, 4.69) is 19.9 Å². The smallest absolute Gasteiger partial charge is 0.157 e. The van der Waals surface area contributed by atoms with Crippen molar-refractivity contribution in [3.05, 3.63) is 30.0 Å². The lowest BCUT2D eigenvalue weighted by atomic mass is 9.49. The molecule has 4 aliphatic carbocycles. The van der Waals surface area contributed by atoms with E-state index >= 15 is 0 Å². The van der Waals surface area contributed by atoms with Crippen LogP contribution in [0.3, 0.4) is 0 Å². The molecule has 0 unspecified atom stereocenters. The van der Waals surface area contributed by atoms with Gasteiger partial charge in [0, 0.05) is 23.6 Å². The van der Waals surface area contributed by atoms with Gasteiger partial charge in [-0.3, -0.25) is 9.48 Å². The highest BCUT2D eigenvalue weighted by Gasteiger charge is 2.59. The van der Waals surface area contributed by atoms with Crippen LogP contribution in [0.25, 0.3) is 10.9 Å². The molecule has 0 radical (unpaired) electrons. The average molecular weight is 493 g/mol. The minimum absolute atomic E-state index is 0.135. The van der Waals surface area contributed by atoms with Crippen molar-refractivity contribution in [1.82, 2.24) is 9.78 Å². The van der Waals surface area contributed by atoms with Crippen LogP contribution in [0.4, 0.5) is 0 Å². The maximum atomic E-state index is 13.7. The van der Waals surface area contributed by atoms with Crippen molar-refractivity contribution >= 4 is 16.7 Å². The van der Waals surface area contributed by atoms with Crippen LogP contribution >= 0.6 is 0 Å². The number of hydrogen-bond acceptors (Lipinski definition) is 4. The Bertz CT molecular complexity index is 1130. The molecule has 1 aromatic heterocycles. The third kappa shape index (κ3) is 3.96. The second-order valence-corrected chi connectivity index (χ2v) is 12.9. The number of aliphatic hydroxyl groups is 1. The Morgan fingerprint density at radius 2 is 1.89 bits per heavy atom. The first-order valence-corrected chi connectivity index (χ1v) is 14.6. The molecule has 5 heteroatoms. The maximum absolute atomic E-state index is 13.7. The van der Waals surface area contributed by atoms with E-state index in [1.807, 2.05) is 29.8 Å². The third-order valence-electron chi connectivity index (χ3n) is 11.3. The molecule has 0 bridgehead atoms. The van der Waals surface area contributed by atoms with Gasteiger partial charge in [0.15, 0.2) is 5.78 Å². The van der Waals surface area contributed by atoms with Gasteiger partial charge in [-0.2, -0.15) is 5.10 Å². The lowest BCUT2D eigenvalue weighted by Gasteiger charge is -2.57. The van der Waals surface area contributed by atoms with Crippen LogP contribution in [0, 0.1) is 47.8 Å². The minimum atomic E-state index is -0.618. The fourth-order valence-corrected chi connectivity index (χ4v) is 9.54.